The molecule has 0 aromatic heterocycles. The summed E-state index contributed by atoms with van der Waals surface area (Å²) in [4.78, 5) is 12.1. The van der Waals surface area contributed by atoms with Crippen molar-refractivity contribution in [2.75, 3.05) is 0 Å². The number of carbonyl (C=O) groups is 1. The monoisotopic (exact) mass is 394 g/mol. The number of ketones is 1. The van der Waals surface area contributed by atoms with E-state index in [1.54, 1.807) is 0 Å². The summed E-state index contributed by atoms with van der Waals surface area (Å²) < 4.78 is 0. The van der Waals surface area contributed by atoms with E-state index in [2.05, 4.69) is 44.2 Å². The second-order valence-electron chi connectivity index (χ2n) is 11.4. The van der Waals surface area contributed by atoms with E-state index in [0.717, 1.165) is 50.4 Å². The van der Waals surface area contributed by atoms with E-state index in [4.69, 9.17) is 0 Å². The standard InChI is InChI=1S/C27H38O2/c1-25-14-11-21(28)18-20(25)8-9-22-23(25)12-15-26(2)24(22)13-17-27(26,29)16-10-19-6-4-3-5-7-19/h3-7,20,22-24,29H,8-18H2,1-2H3/t20-,22+,23-,24-,25+,26+,27+/m1/s1. The molecule has 1 aromatic carbocycles. The summed E-state index contributed by atoms with van der Waals surface area (Å²) in [5, 5.41) is 11.9. The Morgan fingerprint density at radius 2 is 1.72 bits per heavy atom. The zero-order chi connectivity index (χ0) is 20.3. The second-order valence-corrected chi connectivity index (χ2v) is 11.4. The molecule has 7 atom stereocenters. The molecule has 5 rings (SSSR count). The van der Waals surface area contributed by atoms with Crippen molar-refractivity contribution in [1.82, 2.24) is 0 Å². The minimum absolute atomic E-state index is 0.0661. The SMILES string of the molecule is C[C@]12CCC(=O)C[C@H]1CC[C@H]1[C@H]2CC[C@@]2(C)[C@@H]1CC[C@@]2(O)CCc1ccccc1. The summed E-state index contributed by atoms with van der Waals surface area (Å²) in [5.41, 5.74) is 1.26. The van der Waals surface area contributed by atoms with Gasteiger partial charge in [-0.05, 0) is 97.9 Å². The zero-order valence-corrected chi connectivity index (χ0v) is 18.3. The fourth-order valence-electron chi connectivity index (χ4n) is 8.56. The average Bonchev–Trinajstić information content (AvgIpc) is 2.99. The van der Waals surface area contributed by atoms with E-state index in [1.807, 2.05) is 0 Å². The third-order valence-electron chi connectivity index (χ3n) is 10.5. The van der Waals surface area contributed by atoms with E-state index < -0.39 is 5.60 Å². The van der Waals surface area contributed by atoms with Gasteiger partial charge in [0.15, 0.2) is 0 Å². The molecule has 0 spiro atoms. The summed E-state index contributed by atoms with van der Waals surface area (Å²) in [7, 11) is 0. The number of fused-ring (bicyclic) bond motifs is 5. The van der Waals surface area contributed by atoms with Crippen molar-refractivity contribution in [2.45, 2.75) is 90.1 Å². The molecular formula is C27H38O2. The molecule has 2 heteroatoms. The first-order chi connectivity index (χ1) is 13.9. The molecule has 1 N–H and O–H groups in total. The topological polar surface area (TPSA) is 37.3 Å². The largest absolute Gasteiger partial charge is 0.389 e. The molecule has 4 fully saturated rings. The van der Waals surface area contributed by atoms with Crippen molar-refractivity contribution >= 4 is 5.78 Å². The molecule has 0 radical (unpaired) electrons. The summed E-state index contributed by atoms with van der Waals surface area (Å²) >= 11 is 0. The van der Waals surface area contributed by atoms with Crippen LogP contribution < -0.4 is 0 Å². The predicted molar refractivity (Wildman–Crippen MR) is 116 cm³/mol. The molecule has 29 heavy (non-hydrogen) atoms. The van der Waals surface area contributed by atoms with Crippen LogP contribution in [-0.2, 0) is 11.2 Å². The molecule has 0 saturated heterocycles. The van der Waals surface area contributed by atoms with Crippen molar-refractivity contribution in [3.8, 4) is 0 Å². The lowest BCUT2D eigenvalue weighted by Gasteiger charge is -2.61. The highest BCUT2D eigenvalue weighted by molar-refractivity contribution is 5.79. The molecule has 0 amide bonds. The molecule has 0 heterocycles. The van der Waals surface area contributed by atoms with Crippen molar-refractivity contribution < 1.29 is 9.90 Å². The van der Waals surface area contributed by atoms with Crippen LogP contribution in [0.4, 0.5) is 0 Å². The molecule has 4 aliphatic carbocycles. The lowest BCUT2D eigenvalue weighted by Crippen LogP contribution is -2.56. The third-order valence-corrected chi connectivity index (χ3v) is 10.5. The Bertz CT molecular complexity index is 772. The normalized spacial score (nSPS) is 46.7. The van der Waals surface area contributed by atoms with E-state index in [-0.39, 0.29) is 5.41 Å². The molecule has 0 aliphatic heterocycles. The molecule has 4 aliphatic rings. The summed E-state index contributed by atoms with van der Waals surface area (Å²) in [6, 6.07) is 10.7. The zero-order valence-electron chi connectivity index (χ0n) is 18.3. The van der Waals surface area contributed by atoms with Gasteiger partial charge in [0.2, 0.25) is 0 Å². The van der Waals surface area contributed by atoms with Crippen molar-refractivity contribution in [3.05, 3.63) is 35.9 Å². The molecule has 0 bridgehead atoms. The lowest BCUT2D eigenvalue weighted by atomic mass is 9.44. The van der Waals surface area contributed by atoms with Crippen molar-refractivity contribution in [3.63, 3.8) is 0 Å². The van der Waals surface area contributed by atoms with Gasteiger partial charge < -0.3 is 5.11 Å². The van der Waals surface area contributed by atoms with Gasteiger partial charge in [-0.15, -0.1) is 0 Å². The fourth-order valence-corrected chi connectivity index (χ4v) is 8.56. The van der Waals surface area contributed by atoms with Crippen LogP contribution in [0, 0.1) is 34.5 Å². The van der Waals surface area contributed by atoms with E-state index in [1.165, 1.54) is 37.7 Å². The van der Waals surface area contributed by atoms with Crippen LogP contribution >= 0.6 is 0 Å². The average molecular weight is 395 g/mol. The minimum atomic E-state index is -0.515. The van der Waals surface area contributed by atoms with Crippen LogP contribution in [-0.4, -0.2) is 16.5 Å². The van der Waals surface area contributed by atoms with Gasteiger partial charge in [0.25, 0.3) is 0 Å². The quantitative estimate of drug-likeness (QED) is 0.686. The minimum Gasteiger partial charge on any atom is -0.389 e. The van der Waals surface area contributed by atoms with Crippen LogP contribution in [0.25, 0.3) is 0 Å². The Kier molecular flexibility index (Phi) is 4.74. The van der Waals surface area contributed by atoms with Crippen LogP contribution in [0.2, 0.25) is 0 Å². The Hall–Kier alpha value is -1.15. The number of hydrogen-bond acceptors (Lipinski definition) is 2. The predicted octanol–water partition coefficient (Wildman–Crippen LogP) is 5.96. The number of Topliss-reactive ketones (excluding diaryl/α,β-unsaturated/α-hetero) is 1. The number of carbonyl (C=O) groups excluding carboxylic acids is 1. The van der Waals surface area contributed by atoms with E-state index in [9.17, 15) is 9.90 Å². The highest BCUT2D eigenvalue weighted by Gasteiger charge is 2.64. The molecule has 4 saturated carbocycles. The van der Waals surface area contributed by atoms with Gasteiger partial charge in [0.1, 0.15) is 5.78 Å². The Labute approximate surface area is 176 Å². The molecular weight excluding hydrogens is 356 g/mol. The van der Waals surface area contributed by atoms with Gasteiger partial charge in [-0.1, -0.05) is 44.2 Å². The van der Waals surface area contributed by atoms with Crippen LogP contribution in [0.5, 0.6) is 0 Å². The van der Waals surface area contributed by atoms with Gasteiger partial charge in [0, 0.05) is 12.8 Å². The van der Waals surface area contributed by atoms with E-state index >= 15 is 0 Å². The number of rotatable bonds is 3. The number of hydrogen-bond donors (Lipinski definition) is 1. The maximum absolute atomic E-state index is 12.1. The summed E-state index contributed by atoms with van der Waals surface area (Å²) in [6.45, 7) is 4.94. The Morgan fingerprint density at radius 3 is 2.52 bits per heavy atom. The van der Waals surface area contributed by atoms with Gasteiger partial charge >= 0.3 is 0 Å². The molecule has 1 aromatic rings. The highest BCUT2D eigenvalue weighted by atomic mass is 16.3. The number of benzene rings is 1. The first kappa shape index (κ1) is 19.8. The molecule has 2 nitrogen and oxygen atoms in total. The number of aliphatic hydroxyl groups is 1. The summed E-state index contributed by atoms with van der Waals surface area (Å²) in [6.07, 6.45) is 11.7. The maximum atomic E-state index is 12.1. The smallest absolute Gasteiger partial charge is 0.133 e. The van der Waals surface area contributed by atoms with Crippen molar-refractivity contribution in [1.29, 1.82) is 0 Å². The Morgan fingerprint density at radius 1 is 0.966 bits per heavy atom. The lowest BCUT2D eigenvalue weighted by molar-refractivity contribution is -0.158. The van der Waals surface area contributed by atoms with Crippen LogP contribution in [0.1, 0.15) is 83.6 Å². The van der Waals surface area contributed by atoms with Gasteiger partial charge in [-0.25, -0.2) is 0 Å². The van der Waals surface area contributed by atoms with Gasteiger partial charge in [-0.3, -0.25) is 4.79 Å². The number of aryl methyl sites for hydroxylation is 1. The molecule has 158 valence electrons. The first-order valence-corrected chi connectivity index (χ1v) is 12.1. The second kappa shape index (κ2) is 6.94. The van der Waals surface area contributed by atoms with E-state index in [0.29, 0.717) is 23.0 Å². The van der Waals surface area contributed by atoms with Gasteiger partial charge in [0.05, 0.1) is 5.60 Å². The Balaban J connectivity index is 1.36. The van der Waals surface area contributed by atoms with Gasteiger partial charge in [-0.2, -0.15) is 0 Å². The van der Waals surface area contributed by atoms with Crippen LogP contribution in [0.3, 0.4) is 0 Å². The van der Waals surface area contributed by atoms with Crippen LogP contribution in [0.15, 0.2) is 30.3 Å². The highest BCUT2D eigenvalue weighted by Crippen LogP contribution is 2.68. The third kappa shape index (κ3) is 2.96. The first-order valence-electron chi connectivity index (χ1n) is 12.1. The maximum Gasteiger partial charge on any atom is 0.133 e. The van der Waals surface area contributed by atoms with Crippen molar-refractivity contribution in [2.24, 2.45) is 34.5 Å². The summed E-state index contributed by atoms with van der Waals surface area (Å²) in [5.74, 6) is 3.31. The fraction of sp³-hybridized carbons (Fsp3) is 0.741. The molecule has 0 unspecified atom stereocenters.